The molecule has 4 rings (SSSR count). The third-order valence-corrected chi connectivity index (χ3v) is 5.53. The molecule has 1 fully saturated rings. The average Bonchev–Trinajstić information content (AvgIpc) is 2.79. The smallest absolute Gasteiger partial charge is 0.225 e. The summed E-state index contributed by atoms with van der Waals surface area (Å²) in [6.07, 6.45) is 10.5. The minimum Gasteiger partial charge on any atom is -0.381 e. The SMILES string of the molecule is Cc1ccc(-c2nc(N(C)CCC3CCOCC3)ncc2-c2cncnc2)cc1. The Morgan fingerprint density at radius 3 is 2.45 bits per heavy atom. The van der Waals surface area contributed by atoms with Crippen molar-refractivity contribution in [2.24, 2.45) is 5.92 Å². The van der Waals surface area contributed by atoms with Gasteiger partial charge < -0.3 is 9.64 Å². The second-order valence-corrected chi connectivity index (χ2v) is 7.69. The zero-order valence-electron chi connectivity index (χ0n) is 17.1. The second-order valence-electron chi connectivity index (χ2n) is 7.69. The zero-order valence-corrected chi connectivity index (χ0v) is 17.1. The Kier molecular flexibility index (Phi) is 6.10. The fraction of sp³-hybridized carbons (Fsp3) is 0.391. The van der Waals surface area contributed by atoms with Gasteiger partial charge in [-0.15, -0.1) is 0 Å². The van der Waals surface area contributed by atoms with Crippen LogP contribution in [0.3, 0.4) is 0 Å². The van der Waals surface area contributed by atoms with Crippen LogP contribution in [0.1, 0.15) is 24.8 Å². The molecule has 3 heterocycles. The highest BCUT2D eigenvalue weighted by Gasteiger charge is 2.17. The van der Waals surface area contributed by atoms with E-state index in [4.69, 9.17) is 9.72 Å². The van der Waals surface area contributed by atoms with Gasteiger partial charge in [0.15, 0.2) is 0 Å². The Labute approximate surface area is 172 Å². The van der Waals surface area contributed by atoms with Crippen LogP contribution in [0.2, 0.25) is 0 Å². The molecule has 0 saturated carbocycles. The summed E-state index contributed by atoms with van der Waals surface area (Å²) < 4.78 is 5.47. The number of aromatic nitrogens is 4. The first kappa shape index (κ1) is 19.5. The first-order chi connectivity index (χ1) is 14.2. The molecule has 1 aliphatic rings. The first-order valence-corrected chi connectivity index (χ1v) is 10.2. The van der Waals surface area contributed by atoms with Gasteiger partial charge in [-0.2, -0.15) is 0 Å². The summed E-state index contributed by atoms with van der Waals surface area (Å²) in [5.74, 6) is 1.47. The van der Waals surface area contributed by atoms with Crippen LogP contribution < -0.4 is 4.90 Å². The monoisotopic (exact) mass is 389 g/mol. The topological polar surface area (TPSA) is 64.0 Å². The van der Waals surface area contributed by atoms with Gasteiger partial charge in [0.1, 0.15) is 6.33 Å². The molecule has 0 bridgehead atoms. The molecule has 1 aromatic carbocycles. The number of hydrogen-bond acceptors (Lipinski definition) is 6. The van der Waals surface area contributed by atoms with E-state index in [0.29, 0.717) is 0 Å². The number of benzene rings is 1. The number of anilines is 1. The lowest BCUT2D eigenvalue weighted by atomic mass is 9.96. The molecule has 3 aromatic rings. The number of nitrogens with zero attached hydrogens (tertiary/aromatic N) is 5. The van der Waals surface area contributed by atoms with Crippen molar-refractivity contribution in [3.8, 4) is 22.4 Å². The van der Waals surface area contributed by atoms with Crippen LogP contribution in [0.15, 0.2) is 49.2 Å². The molecule has 29 heavy (non-hydrogen) atoms. The minimum absolute atomic E-state index is 0.725. The van der Waals surface area contributed by atoms with E-state index < -0.39 is 0 Å². The highest BCUT2D eigenvalue weighted by Crippen LogP contribution is 2.31. The maximum atomic E-state index is 5.47. The van der Waals surface area contributed by atoms with Crippen molar-refractivity contribution in [1.82, 2.24) is 19.9 Å². The third-order valence-electron chi connectivity index (χ3n) is 5.53. The summed E-state index contributed by atoms with van der Waals surface area (Å²) in [5.41, 5.74) is 5.05. The van der Waals surface area contributed by atoms with E-state index in [9.17, 15) is 0 Å². The van der Waals surface area contributed by atoms with Gasteiger partial charge in [-0.3, -0.25) is 0 Å². The molecule has 150 valence electrons. The van der Waals surface area contributed by atoms with Gasteiger partial charge in [-0.1, -0.05) is 29.8 Å². The van der Waals surface area contributed by atoms with E-state index in [1.165, 1.54) is 11.9 Å². The maximum absolute atomic E-state index is 5.47. The van der Waals surface area contributed by atoms with Crippen molar-refractivity contribution >= 4 is 5.95 Å². The molecular formula is C23H27N5O. The van der Waals surface area contributed by atoms with E-state index in [1.54, 1.807) is 12.4 Å². The Morgan fingerprint density at radius 2 is 1.72 bits per heavy atom. The predicted octanol–water partition coefficient (Wildman–Crippen LogP) is 4.16. The summed E-state index contributed by atoms with van der Waals surface area (Å²) in [4.78, 5) is 20.1. The molecule has 1 aliphatic heterocycles. The Morgan fingerprint density at radius 1 is 1.00 bits per heavy atom. The van der Waals surface area contributed by atoms with E-state index in [0.717, 1.165) is 73.3 Å². The third kappa shape index (κ3) is 4.77. The number of rotatable bonds is 6. The Bertz CT molecular complexity index is 924. The van der Waals surface area contributed by atoms with Gasteiger partial charge in [0.25, 0.3) is 0 Å². The van der Waals surface area contributed by atoms with Crippen molar-refractivity contribution in [2.45, 2.75) is 26.2 Å². The molecule has 0 unspecified atom stereocenters. The summed E-state index contributed by atoms with van der Waals surface area (Å²) in [6, 6.07) is 8.43. The normalized spacial score (nSPS) is 14.7. The lowest BCUT2D eigenvalue weighted by molar-refractivity contribution is 0.0645. The highest BCUT2D eigenvalue weighted by atomic mass is 16.5. The van der Waals surface area contributed by atoms with Crippen LogP contribution in [-0.4, -0.2) is 46.7 Å². The highest BCUT2D eigenvalue weighted by molar-refractivity contribution is 5.80. The van der Waals surface area contributed by atoms with Crippen molar-refractivity contribution in [1.29, 1.82) is 0 Å². The number of aryl methyl sites for hydroxylation is 1. The molecule has 0 spiro atoms. The first-order valence-electron chi connectivity index (χ1n) is 10.2. The number of ether oxygens (including phenoxy) is 1. The van der Waals surface area contributed by atoms with Crippen LogP contribution >= 0.6 is 0 Å². The summed E-state index contributed by atoms with van der Waals surface area (Å²) >= 11 is 0. The molecule has 1 saturated heterocycles. The molecule has 0 amide bonds. The summed E-state index contributed by atoms with van der Waals surface area (Å²) in [5, 5.41) is 0. The lowest BCUT2D eigenvalue weighted by Crippen LogP contribution is -2.25. The zero-order chi connectivity index (χ0) is 20.1. The van der Waals surface area contributed by atoms with Crippen LogP contribution in [0, 0.1) is 12.8 Å². The largest absolute Gasteiger partial charge is 0.381 e. The van der Waals surface area contributed by atoms with Crippen molar-refractivity contribution in [3.05, 3.63) is 54.7 Å². The quantitative estimate of drug-likeness (QED) is 0.631. The number of hydrogen-bond donors (Lipinski definition) is 0. The standard InChI is InChI=1S/C23H27N5O/c1-17-3-5-19(6-4-17)22-21(20-13-24-16-25-14-20)15-26-23(27-22)28(2)10-7-18-8-11-29-12-9-18/h3-6,13-16,18H,7-12H2,1-2H3. The van der Waals surface area contributed by atoms with Gasteiger partial charge in [-0.25, -0.2) is 19.9 Å². The molecular weight excluding hydrogens is 362 g/mol. The maximum Gasteiger partial charge on any atom is 0.225 e. The fourth-order valence-corrected chi connectivity index (χ4v) is 3.65. The van der Waals surface area contributed by atoms with Crippen molar-refractivity contribution in [2.75, 3.05) is 31.7 Å². The van der Waals surface area contributed by atoms with Gasteiger partial charge >= 0.3 is 0 Å². The lowest BCUT2D eigenvalue weighted by Gasteiger charge is -2.25. The molecule has 6 heteroatoms. The molecule has 0 atom stereocenters. The van der Waals surface area contributed by atoms with Gasteiger partial charge in [0.05, 0.1) is 5.69 Å². The molecule has 0 radical (unpaired) electrons. The summed E-state index contributed by atoms with van der Waals surface area (Å²) in [7, 11) is 2.07. The van der Waals surface area contributed by atoms with Crippen LogP contribution in [-0.2, 0) is 4.74 Å². The Balaban J connectivity index is 1.62. The average molecular weight is 390 g/mol. The molecule has 0 aliphatic carbocycles. The van der Waals surface area contributed by atoms with Gasteiger partial charge in [0.2, 0.25) is 5.95 Å². The van der Waals surface area contributed by atoms with Crippen molar-refractivity contribution < 1.29 is 4.74 Å². The molecule has 6 nitrogen and oxygen atoms in total. The van der Waals surface area contributed by atoms with E-state index >= 15 is 0 Å². The molecule has 0 N–H and O–H groups in total. The van der Waals surface area contributed by atoms with E-state index in [2.05, 4.69) is 58.1 Å². The second kappa shape index (κ2) is 9.09. The minimum atomic E-state index is 0.725. The van der Waals surface area contributed by atoms with Crippen LogP contribution in [0.4, 0.5) is 5.95 Å². The fourth-order valence-electron chi connectivity index (χ4n) is 3.65. The van der Waals surface area contributed by atoms with Gasteiger partial charge in [-0.05, 0) is 32.1 Å². The summed E-state index contributed by atoms with van der Waals surface area (Å²) in [6.45, 7) is 4.80. The van der Waals surface area contributed by atoms with Crippen molar-refractivity contribution in [3.63, 3.8) is 0 Å². The van der Waals surface area contributed by atoms with Crippen LogP contribution in [0.25, 0.3) is 22.4 Å². The Hall–Kier alpha value is -2.86. The van der Waals surface area contributed by atoms with E-state index in [-0.39, 0.29) is 0 Å². The van der Waals surface area contributed by atoms with E-state index in [1.807, 2.05) is 6.20 Å². The van der Waals surface area contributed by atoms with Gasteiger partial charge in [0, 0.05) is 62.1 Å². The predicted molar refractivity (Wildman–Crippen MR) is 115 cm³/mol. The molecule has 2 aromatic heterocycles. The van der Waals surface area contributed by atoms with Crippen LogP contribution in [0.5, 0.6) is 0 Å².